The molecule has 0 saturated heterocycles. The molecule has 1 aliphatic rings. The number of fused-ring (bicyclic) bond motifs is 1. The summed E-state index contributed by atoms with van der Waals surface area (Å²) in [6, 6.07) is 17.0. The molecule has 0 spiro atoms. The molecule has 6 nitrogen and oxygen atoms in total. The van der Waals surface area contributed by atoms with Gasteiger partial charge in [0.15, 0.2) is 17.3 Å². The van der Waals surface area contributed by atoms with E-state index in [1.54, 1.807) is 6.08 Å². The van der Waals surface area contributed by atoms with Crippen molar-refractivity contribution in [2.45, 2.75) is 6.54 Å². The van der Waals surface area contributed by atoms with Gasteiger partial charge in [-0.15, -0.1) is 0 Å². The Labute approximate surface area is 150 Å². The summed E-state index contributed by atoms with van der Waals surface area (Å²) < 4.78 is 15.9. The molecule has 0 unspecified atom stereocenters. The van der Waals surface area contributed by atoms with Gasteiger partial charge in [-0.2, -0.15) is 0 Å². The number of ether oxygens (including phenoxy) is 2. The molecule has 0 bridgehead atoms. The smallest absolute Gasteiger partial charge is 0.244 e. The number of nitrogens with zero attached hydrogens (tertiary/aromatic N) is 1. The summed E-state index contributed by atoms with van der Waals surface area (Å²) in [7, 11) is 0. The van der Waals surface area contributed by atoms with Crippen molar-refractivity contribution >= 4 is 12.0 Å². The van der Waals surface area contributed by atoms with Crippen LogP contribution in [-0.2, 0) is 11.3 Å². The number of rotatable bonds is 5. The Morgan fingerprint density at radius 1 is 1.08 bits per heavy atom. The molecule has 26 heavy (non-hydrogen) atoms. The van der Waals surface area contributed by atoms with Crippen molar-refractivity contribution in [1.29, 1.82) is 0 Å². The van der Waals surface area contributed by atoms with Crippen LogP contribution in [0.15, 0.2) is 65.2 Å². The number of aromatic nitrogens is 1. The van der Waals surface area contributed by atoms with Crippen molar-refractivity contribution < 1.29 is 18.8 Å². The highest BCUT2D eigenvalue weighted by atomic mass is 16.7. The Morgan fingerprint density at radius 3 is 2.81 bits per heavy atom. The first-order valence-corrected chi connectivity index (χ1v) is 8.14. The second-order valence-corrected chi connectivity index (χ2v) is 5.71. The van der Waals surface area contributed by atoms with Crippen LogP contribution in [0.3, 0.4) is 0 Å². The second kappa shape index (κ2) is 7.14. The summed E-state index contributed by atoms with van der Waals surface area (Å²) >= 11 is 0. The van der Waals surface area contributed by atoms with Crippen molar-refractivity contribution in [2.24, 2.45) is 0 Å². The number of hydrogen-bond donors (Lipinski definition) is 1. The van der Waals surface area contributed by atoms with Crippen LogP contribution in [0.1, 0.15) is 11.3 Å². The number of carbonyl (C=O) groups is 1. The summed E-state index contributed by atoms with van der Waals surface area (Å²) in [4.78, 5) is 12.0. The molecular formula is C20H16N2O4. The van der Waals surface area contributed by atoms with Crippen molar-refractivity contribution in [3.63, 3.8) is 0 Å². The molecule has 1 N–H and O–H groups in total. The van der Waals surface area contributed by atoms with Crippen LogP contribution in [0.5, 0.6) is 11.5 Å². The van der Waals surface area contributed by atoms with Crippen LogP contribution in [0, 0.1) is 0 Å². The van der Waals surface area contributed by atoms with E-state index in [9.17, 15) is 4.79 Å². The van der Waals surface area contributed by atoms with Crippen LogP contribution < -0.4 is 14.8 Å². The zero-order valence-electron chi connectivity index (χ0n) is 13.8. The highest BCUT2D eigenvalue weighted by molar-refractivity contribution is 5.91. The molecule has 2 heterocycles. The van der Waals surface area contributed by atoms with Gasteiger partial charge < -0.3 is 19.3 Å². The first-order chi connectivity index (χ1) is 12.8. The molecule has 6 heteroatoms. The minimum atomic E-state index is -0.216. The number of hydrogen-bond acceptors (Lipinski definition) is 5. The van der Waals surface area contributed by atoms with E-state index in [1.807, 2.05) is 54.6 Å². The van der Waals surface area contributed by atoms with Gasteiger partial charge in [-0.3, -0.25) is 4.79 Å². The summed E-state index contributed by atoms with van der Waals surface area (Å²) in [5.41, 5.74) is 2.46. The summed E-state index contributed by atoms with van der Waals surface area (Å²) in [6.07, 6.45) is 3.19. The normalized spacial score (nSPS) is 12.5. The number of amides is 1. The van der Waals surface area contributed by atoms with Crippen LogP contribution in [0.4, 0.5) is 0 Å². The summed E-state index contributed by atoms with van der Waals surface area (Å²) in [6.45, 7) is 0.520. The lowest BCUT2D eigenvalue weighted by Crippen LogP contribution is -2.20. The standard InChI is InChI=1S/C20H16N2O4/c23-20(9-7-14-6-8-17-19(10-14)25-13-24-17)21-12-16-11-18(26-22-16)15-4-2-1-3-5-15/h1-11H,12-13H2,(H,21,23)/b9-7+. The van der Waals surface area contributed by atoms with Crippen molar-refractivity contribution in [2.75, 3.05) is 6.79 Å². The first-order valence-electron chi connectivity index (χ1n) is 8.14. The Hall–Kier alpha value is -3.54. The lowest BCUT2D eigenvalue weighted by Gasteiger charge is -1.99. The summed E-state index contributed by atoms with van der Waals surface area (Å²) in [5.74, 6) is 1.85. The lowest BCUT2D eigenvalue weighted by molar-refractivity contribution is -0.116. The zero-order valence-corrected chi connectivity index (χ0v) is 13.8. The van der Waals surface area contributed by atoms with E-state index in [0.29, 0.717) is 29.5 Å². The molecule has 0 fully saturated rings. The Morgan fingerprint density at radius 2 is 1.92 bits per heavy atom. The molecule has 130 valence electrons. The van der Waals surface area contributed by atoms with Gasteiger partial charge in [0.05, 0.1) is 6.54 Å². The Kier molecular flexibility index (Phi) is 4.38. The minimum Gasteiger partial charge on any atom is -0.454 e. The zero-order chi connectivity index (χ0) is 17.8. The van der Waals surface area contributed by atoms with E-state index in [2.05, 4.69) is 10.5 Å². The lowest BCUT2D eigenvalue weighted by atomic mass is 10.1. The van der Waals surface area contributed by atoms with E-state index in [-0.39, 0.29) is 12.7 Å². The fourth-order valence-corrected chi connectivity index (χ4v) is 2.56. The predicted octanol–water partition coefficient (Wildman–Crippen LogP) is 3.40. The largest absolute Gasteiger partial charge is 0.454 e. The number of benzene rings is 2. The number of carbonyl (C=O) groups excluding carboxylic acids is 1. The average Bonchev–Trinajstić information content (AvgIpc) is 3.34. The fraction of sp³-hybridized carbons (Fsp3) is 0.100. The average molecular weight is 348 g/mol. The molecular weight excluding hydrogens is 332 g/mol. The quantitative estimate of drug-likeness (QED) is 0.716. The van der Waals surface area contributed by atoms with Crippen LogP contribution in [0.25, 0.3) is 17.4 Å². The fourth-order valence-electron chi connectivity index (χ4n) is 2.56. The SMILES string of the molecule is O=C(/C=C/c1ccc2c(c1)OCO2)NCc1cc(-c2ccccc2)on1. The Bertz CT molecular complexity index is 947. The number of nitrogens with one attached hydrogen (secondary N) is 1. The predicted molar refractivity (Wildman–Crippen MR) is 95.4 cm³/mol. The van der Waals surface area contributed by atoms with Gasteiger partial charge in [-0.25, -0.2) is 0 Å². The third-order valence-corrected chi connectivity index (χ3v) is 3.88. The van der Waals surface area contributed by atoms with Gasteiger partial charge in [0, 0.05) is 17.7 Å². The highest BCUT2D eigenvalue weighted by Gasteiger charge is 2.12. The van der Waals surface area contributed by atoms with Crippen molar-refractivity contribution in [3.8, 4) is 22.8 Å². The minimum absolute atomic E-state index is 0.216. The molecule has 0 atom stereocenters. The molecule has 2 aromatic carbocycles. The molecule has 3 aromatic rings. The molecule has 0 aliphatic carbocycles. The molecule has 0 saturated carbocycles. The highest BCUT2D eigenvalue weighted by Crippen LogP contribution is 2.32. The van der Waals surface area contributed by atoms with E-state index in [4.69, 9.17) is 14.0 Å². The van der Waals surface area contributed by atoms with E-state index >= 15 is 0 Å². The Balaban J connectivity index is 1.33. The maximum atomic E-state index is 12.0. The molecule has 1 amide bonds. The van der Waals surface area contributed by atoms with Crippen LogP contribution in [0.2, 0.25) is 0 Å². The van der Waals surface area contributed by atoms with Crippen molar-refractivity contribution in [3.05, 3.63) is 71.9 Å². The van der Waals surface area contributed by atoms with Gasteiger partial charge in [-0.1, -0.05) is 41.6 Å². The van der Waals surface area contributed by atoms with E-state index in [0.717, 1.165) is 11.1 Å². The van der Waals surface area contributed by atoms with Gasteiger partial charge in [-0.05, 0) is 23.8 Å². The maximum absolute atomic E-state index is 12.0. The molecule has 1 aliphatic heterocycles. The topological polar surface area (TPSA) is 73.6 Å². The molecule has 4 rings (SSSR count). The summed E-state index contributed by atoms with van der Waals surface area (Å²) in [5, 5.41) is 6.76. The van der Waals surface area contributed by atoms with E-state index in [1.165, 1.54) is 6.08 Å². The van der Waals surface area contributed by atoms with Crippen LogP contribution in [-0.4, -0.2) is 17.9 Å². The van der Waals surface area contributed by atoms with Gasteiger partial charge in [0.2, 0.25) is 12.7 Å². The maximum Gasteiger partial charge on any atom is 0.244 e. The van der Waals surface area contributed by atoms with E-state index < -0.39 is 0 Å². The van der Waals surface area contributed by atoms with Crippen LogP contribution >= 0.6 is 0 Å². The molecule has 1 aromatic heterocycles. The van der Waals surface area contributed by atoms with Gasteiger partial charge >= 0.3 is 0 Å². The second-order valence-electron chi connectivity index (χ2n) is 5.71. The molecule has 0 radical (unpaired) electrons. The third kappa shape index (κ3) is 3.59. The van der Waals surface area contributed by atoms with Gasteiger partial charge in [0.1, 0.15) is 5.69 Å². The monoisotopic (exact) mass is 348 g/mol. The third-order valence-electron chi connectivity index (χ3n) is 3.88. The first kappa shape index (κ1) is 16.0. The van der Waals surface area contributed by atoms with Crippen molar-refractivity contribution in [1.82, 2.24) is 10.5 Å². The van der Waals surface area contributed by atoms with Gasteiger partial charge in [0.25, 0.3) is 0 Å².